The number of carbonyl (C=O) groups is 1. The van der Waals surface area contributed by atoms with Gasteiger partial charge in [0.2, 0.25) is 0 Å². The minimum atomic E-state index is -0.468. The van der Waals surface area contributed by atoms with Gasteiger partial charge in [-0.1, -0.05) is 19.3 Å². The van der Waals surface area contributed by atoms with Gasteiger partial charge >= 0.3 is 0 Å². The molecule has 5 nitrogen and oxygen atoms in total. The number of nitro benzene ring substituents is 1. The zero-order valence-electron chi connectivity index (χ0n) is 11.0. The molecule has 0 heterocycles. The predicted octanol–water partition coefficient (Wildman–Crippen LogP) is 2.97. The molecule has 0 saturated heterocycles. The van der Waals surface area contributed by atoms with Crippen LogP contribution in [0.2, 0.25) is 0 Å². The highest BCUT2D eigenvalue weighted by atomic mass is 16.6. The summed E-state index contributed by atoms with van der Waals surface area (Å²) in [5, 5.41) is 13.8. The Balaban J connectivity index is 2.11. The average molecular weight is 262 g/mol. The molecular weight excluding hydrogens is 244 g/mol. The minimum absolute atomic E-state index is 0.0335. The Morgan fingerprint density at radius 1 is 1.26 bits per heavy atom. The fraction of sp³-hybridized carbons (Fsp3) is 0.500. The Kier molecular flexibility index (Phi) is 4.14. The third-order valence-electron chi connectivity index (χ3n) is 3.48. The highest BCUT2D eigenvalue weighted by Gasteiger charge is 2.18. The van der Waals surface area contributed by atoms with E-state index >= 15 is 0 Å². The summed E-state index contributed by atoms with van der Waals surface area (Å²) in [5.41, 5.74) is 1.06. The minimum Gasteiger partial charge on any atom is -0.349 e. The zero-order valence-corrected chi connectivity index (χ0v) is 11.0. The largest absolute Gasteiger partial charge is 0.349 e. The van der Waals surface area contributed by atoms with Crippen LogP contribution in [0, 0.1) is 17.0 Å². The van der Waals surface area contributed by atoms with Gasteiger partial charge in [-0.3, -0.25) is 14.9 Å². The first-order valence-electron chi connectivity index (χ1n) is 6.63. The lowest BCUT2D eigenvalue weighted by atomic mass is 9.95. The van der Waals surface area contributed by atoms with Crippen LogP contribution >= 0.6 is 0 Å². The van der Waals surface area contributed by atoms with Crippen LogP contribution in [-0.2, 0) is 0 Å². The summed E-state index contributed by atoms with van der Waals surface area (Å²) in [7, 11) is 0. The number of non-ortho nitro benzene ring substituents is 1. The van der Waals surface area contributed by atoms with Gasteiger partial charge in [0, 0.05) is 23.7 Å². The van der Waals surface area contributed by atoms with E-state index in [2.05, 4.69) is 5.32 Å². The number of carbonyl (C=O) groups excluding carboxylic acids is 1. The van der Waals surface area contributed by atoms with Gasteiger partial charge in [-0.25, -0.2) is 0 Å². The Bertz CT molecular complexity index is 493. The molecule has 0 spiro atoms. The number of hydrogen-bond acceptors (Lipinski definition) is 3. The molecule has 19 heavy (non-hydrogen) atoms. The molecule has 0 bridgehead atoms. The van der Waals surface area contributed by atoms with E-state index in [0.717, 1.165) is 31.2 Å². The van der Waals surface area contributed by atoms with Gasteiger partial charge < -0.3 is 5.32 Å². The molecule has 1 fully saturated rings. The number of aryl methyl sites for hydroxylation is 1. The van der Waals surface area contributed by atoms with E-state index in [-0.39, 0.29) is 17.6 Å². The van der Waals surface area contributed by atoms with Crippen LogP contribution in [0.5, 0.6) is 0 Å². The quantitative estimate of drug-likeness (QED) is 0.672. The van der Waals surface area contributed by atoms with Crippen molar-refractivity contribution in [2.45, 2.75) is 45.1 Å². The highest BCUT2D eigenvalue weighted by Crippen LogP contribution is 2.20. The van der Waals surface area contributed by atoms with Crippen molar-refractivity contribution < 1.29 is 9.72 Å². The van der Waals surface area contributed by atoms with Gasteiger partial charge in [0.25, 0.3) is 11.6 Å². The van der Waals surface area contributed by atoms with Crippen LogP contribution in [0.4, 0.5) is 5.69 Å². The van der Waals surface area contributed by atoms with Crippen LogP contribution in [0.3, 0.4) is 0 Å². The molecule has 1 aliphatic carbocycles. The summed E-state index contributed by atoms with van der Waals surface area (Å²) in [6.07, 6.45) is 5.50. The maximum atomic E-state index is 12.1. The molecule has 1 aromatic rings. The Morgan fingerprint density at radius 2 is 1.95 bits per heavy atom. The molecule has 0 radical (unpaired) electrons. The van der Waals surface area contributed by atoms with Crippen molar-refractivity contribution in [3.63, 3.8) is 0 Å². The standard InChI is InChI=1S/C14H18N2O3/c1-10-7-11(9-13(8-10)16(18)19)14(17)15-12-5-3-2-4-6-12/h7-9,12H,2-6H2,1H3,(H,15,17). The number of rotatable bonds is 3. The molecule has 1 N–H and O–H groups in total. The highest BCUT2D eigenvalue weighted by molar-refractivity contribution is 5.95. The lowest BCUT2D eigenvalue weighted by molar-refractivity contribution is -0.384. The lowest BCUT2D eigenvalue weighted by Gasteiger charge is -2.22. The maximum Gasteiger partial charge on any atom is 0.270 e. The fourth-order valence-electron chi connectivity index (χ4n) is 2.52. The van der Waals surface area contributed by atoms with E-state index in [4.69, 9.17) is 0 Å². The number of nitrogens with zero attached hydrogens (tertiary/aromatic N) is 1. The smallest absolute Gasteiger partial charge is 0.270 e. The first-order valence-corrected chi connectivity index (χ1v) is 6.63. The van der Waals surface area contributed by atoms with Crippen LogP contribution < -0.4 is 5.32 Å². The Labute approximate surface area is 112 Å². The third kappa shape index (κ3) is 3.53. The van der Waals surface area contributed by atoms with Crippen molar-refractivity contribution >= 4 is 11.6 Å². The van der Waals surface area contributed by atoms with Crippen molar-refractivity contribution in [1.82, 2.24) is 5.32 Å². The number of amides is 1. The van der Waals surface area contributed by atoms with Crippen LogP contribution in [-0.4, -0.2) is 16.9 Å². The molecule has 0 aromatic heterocycles. The summed E-state index contributed by atoms with van der Waals surface area (Å²) >= 11 is 0. The number of nitro groups is 1. The fourth-order valence-corrected chi connectivity index (χ4v) is 2.52. The molecule has 5 heteroatoms. The SMILES string of the molecule is Cc1cc(C(=O)NC2CCCCC2)cc([N+](=O)[O-])c1. The van der Waals surface area contributed by atoms with Crippen LogP contribution in [0.1, 0.15) is 48.0 Å². The van der Waals surface area contributed by atoms with Crippen molar-refractivity contribution in [3.05, 3.63) is 39.4 Å². The van der Waals surface area contributed by atoms with Crippen LogP contribution in [0.15, 0.2) is 18.2 Å². The van der Waals surface area contributed by atoms with E-state index in [0.29, 0.717) is 5.56 Å². The summed E-state index contributed by atoms with van der Waals surface area (Å²) in [6.45, 7) is 1.75. The van der Waals surface area contributed by atoms with Crippen molar-refractivity contribution in [3.8, 4) is 0 Å². The topological polar surface area (TPSA) is 72.2 Å². The maximum absolute atomic E-state index is 12.1. The monoisotopic (exact) mass is 262 g/mol. The third-order valence-corrected chi connectivity index (χ3v) is 3.48. The second-order valence-corrected chi connectivity index (χ2v) is 5.12. The molecule has 1 aromatic carbocycles. The Morgan fingerprint density at radius 3 is 2.58 bits per heavy atom. The van der Waals surface area contributed by atoms with Gasteiger partial charge in [-0.15, -0.1) is 0 Å². The molecule has 2 rings (SSSR count). The first kappa shape index (κ1) is 13.5. The lowest BCUT2D eigenvalue weighted by Crippen LogP contribution is -2.36. The molecule has 1 aliphatic rings. The zero-order chi connectivity index (χ0) is 13.8. The summed E-state index contributed by atoms with van der Waals surface area (Å²) in [5.74, 6) is -0.210. The van der Waals surface area contributed by atoms with Gasteiger partial charge in [0.15, 0.2) is 0 Å². The van der Waals surface area contributed by atoms with E-state index in [1.54, 1.807) is 13.0 Å². The van der Waals surface area contributed by atoms with Gasteiger partial charge in [0.05, 0.1) is 4.92 Å². The van der Waals surface area contributed by atoms with E-state index < -0.39 is 4.92 Å². The normalized spacial score (nSPS) is 16.1. The van der Waals surface area contributed by atoms with E-state index in [1.807, 2.05) is 0 Å². The molecule has 102 valence electrons. The first-order chi connectivity index (χ1) is 9.06. The Hall–Kier alpha value is -1.91. The van der Waals surface area contributed by atoms with Gasteiger partial charge in [0.1, 0.15) is 0 Å². The average Bonchev–Trinajstić information content (AvgIpc) is 2.39. The van der Waals surface area contributed by atoms with Crippen molar-refractivity contribution in [2.24, 2.45) is 0 Å². The number of benzene rings is 1. The molecule has 0 unspecified atom stereocenters. The predicted molar refractivity (Wildman–Crippen MR) is 72.2 cm³/mol. The molecular formula is C14H18N2O3. The van der Waals surface area contributed by atoms with Crippen molar-refractivity contribution in [1.29, 1.82) is 0 Å². The number of hydrogen-bond donors (Lipinski definition) is 1. The number of nitrogens with one attached hydrogen (secondary N) is 1. The summed E-state index contributed by atoms with van der Waals surface area (Å²) in [6, 6.07) is 4.70. The van der Waals surface area contributed by atoms with Gasteiger partial charge in [-0.05, 0) is 31.4 Å². The summed E-state index contributed by atoms with van der Waals surface area (Å²) in [4.78, 5) is 22.4. The van der Waals surface area contributed by atoms with Crippen LogP contribution in [0.25, 0.3) is 0 Å². The van der Waals surface area contributed by atoms with Gasteiger partial charge in [-0.2, -0.15) is 0 Å². The molecule has 0 atom stereocenters. The van der Waals surface area contributed by atoms with E-state index in [9.17, 15) is 14.9 Å². The molecule has 1 saturated carbocycles. The molecule has 1 amide bonds. The molecule has 0 aliphatic heterocycles. The summed E-state index contributed by atoms with van der Waals surface area (Å²) < 4.78 is 0. The van der Waals surface area contributed by atoms with E-state index in [1.165, 1.54) is 18.6 Å². The second-order valence-electron chi connectivity index (χ2n) is 5.12. The van der Waals surface area contributed by atoms with Crippen molar-refractivity contribution in [2.75, 3.05) is 0 Å². The second kappa shape index (κ2) is 5.82.